The van der Waals surface area contributed by atoms with Gasteiger partial charge in [-0.3, -0.25) is 0 Å². The zero-order valence-electron chi connectivity index (χ0n) is 7.33. The molecule has 5 N–H and O–H groups in total. The van der Waals surface area contributed by atoms with Crippen molar-refractivity contribution >= 4 is 11.4 Å². The fourth-order valence-electron chi connectivity index (χ4n) is 0.511. The fraction of sp³-hybridized carbons (Fsp3) is 0.333. The highest BCUT2D eigenvalue weighted by Gasteiger charge is 1.85. The normalized spacial score (nSPS) is 8.50. The van der Waals surface area contributed by atoms with Gasteiger partial charge in [0.2, 0.25) is 0 Å². The Bertz CT molecular complexity index is 190. The molecule has 0 radical (unpaired) electrons. The second-order valence-corrected chi connectivity index (χ2v) is 2.35. The van der Waals surface area contributed by atoms with Gasteiger partial charge < -0.3 is 16.6 Å². The van der Waals surface area contributed by atoms with Crippen LogP contribution in [0.2, 0.25) is 0 Å². The molecule has 0 aliphatic heterocycles. The number of benzene rings is 1. The van der Waals surface area contributed by atoms with Gasteiger partial charge in [-0.2, -0.15) is 0 Å². The van der Waals surface area contributed by atoms with Crippen LogP contribution >= 0.6 is 0 Å². The summed E-state index contributed by atoms with van der Waals surface area (Å²) < 4.78 is 0. The summed E-state index contributed by atoms with van der Waals surface area (Å²) in [6.45, 7) is 2.25. The summed E-state index contributed by atoms with van der Waals surface area (Å²) in [6, 6.07) is 7.25. The van der Waals surface area contributed by atoms with Crippen molar-refractivity contribution in [1.82, 2.24) is 0 Å². The van der Waals surface area contributed by atoms with Crippen LogP contribution in [0.1, 0.15) is 13.3 Å². The minimum atomic E-state index is 0.319. The lowest BCUT2D eigenvalue weighted by atomic mass is 10.3. The predicted octanol–water partition coefficient (Wildman–Crippen LogP) is 1.24. The number of nitrogen functional groups attached to an aromatic ring is 2. The van der Waals surface area contributed by atoms with E-state index in [4.69, 9.17) is 16.6 Å². The van der Waals surface area contributed by atoms with E-state index in [9.17, 15) is 0 Å². The van der Waals surface area contributed by atoms with Gasteiger partial charge in [0.1, 0.15) is 0 Å². The Kier molecular flexibility index (Phi) is 5.83. The number of aliphatic hydroxyl groups excluding tert-OH is 1. The summed E-state index contributed by atoms with van der Waals surface area (Å²) >= 11 is 0. The minimum absolute atomic E-state index is 0.319. The van der Waals surface area contributed by atoms with E-state index in [1.807, 2.05) is 19.1 Å². The summed E-state index contributed by atoms with van der Waals surface area (Å²) in [4.78, 5) is 0. The molecule has 1 aromatic rings. The van der Waals surface area contributed by atoms with Gasteiger partial charge in [-0.25, -0.2) is 0 Å². The molecule has 0 fully saturated rings. The molecule has 1 rings (SSSR count). The van der Waals surface area contributed by atoms with Gasteiger partial charge in [0.15, 0.2) is 0 Å². The molecule has 0 aliphatic carbocycles. The number of rotatable bonds is 1. The Hall–Kier alpha value is -1.22. The largest absolute Gasteiger partial charge is 0.397 e. The van der Waals surface area contributed by atoms with Crippen molar-refractivity contribution in [3.63, 3.8) is 0 Å². The fourth-order valence-corrected chi connectivity index (χ4v) is 0.511. The topological polar surface area (TPSA) is 72.3 Å². The second kappa shape index (κ2) is 6.49. The zero-order chi connectivity index (χ0) is 9.40. The molecule has 12 heavy (non-hydrogen) atoms. The summed E-state index contributed by atoms with van der Waals surface area (Å²) in [5, 5.41) is 7.88. The van der Waals surface area contributed by atoms with Crippen molar-refractivity contribution in [1.29, 1.82) is 0 Å². The van der Waals surface area contributed by atoms with Crippen LogP contribution in [-0.4, -0.2) is 11.7 Å². The summed E-state index contributed by atoms with van der Waals surface area (Å²) in [6.07, 6.45) is 0.875. The van der Waals surface area contributed by atoms with Crippen LogP contribution < -0.4 is 11.5 Å². The SMILES string of the molecule is CCCO.Nc1ccccc1N. The van der Waals surface area contributed by atoms with Crippen LogP contribution in [0.3, 0.4) is 0 Å². The van der Waals surface area contributed by atoms with Crippen LogP contribution in [0, 0.1) is 0 Å². The average Bonchev–Trinajstić information content (AvgIpc) is 2.11. The van der Waals surface area contributed by atoms with E-state index in [-0.39, 0.29) is 0 Å². The van der Waals surface area contributed by atoms with Gasteiger partial charge >= 0.3 is 0 Å². The smallest absolute Gasteiger partial charge is 0.0547 e. The molecular formula is C9H16N2O. The van der Waals surface area contributed by atoms with Crippen LogP contribution in [0.4, 0.5) is 11.4 Å². The molecule has 0 saturated carbocycles. The van der Waals surface area contributed by atoms with Crippen LogP contribution in [0.15, 0.2) is 24.3 Å². The number of anilines is 2. The first kappa shape index (κ1) is 10.8. The minimum Gasteiger partial charge on any atom is -0.397 e. The molecule has 0 amide bonds. The maximum Gasteiger partial charge on any atom is 0.0547 e. The van der Waals surface area contributed by atoms with Gasteiger partial charge in [0, 0.05) is 6.61 Å². The standard InChI is InChI=1S/C6H8N2.C3H8O/c7-5-3-1-2-4-6(5)8;1-2-3-4/h1-4H,7-8H2;4H,2-3H2,1H3. The van der Waals surface area contributed by atoms with E-state index in [1.54, 1.807) is 12.1 Å². The molecule has 0 saturated heterocycles. The molecule has 3 nitrogen and oxygen atoms in total. The zero-order valence-corrected chi connectivity index (χ0v) is 7.33. The van der Waals surface area contributed by atoms with Gasteiger partial charge in [0.25, 0.3) is 0 Å². The first-order valence-corrected chi connectivity index (χ1v) is 3.93. The van der Waals surface area contributed by atoms with Crippen molar-refractivity contribution in [3.8, 4) is 0 Å². The van der Waals surface area contributed by atoms with Crippen LogP contribution in [-0.2, 0) is 0 Å². The van der Waals surface area contributed by atoms with E-state index in [0.29, 0.717) is 18.0 Å². The van der Waals surface area contributed by atoms with Crippen molar-refractivity contribution in [2.45, 2.75) is 13.3 Å². The highest BCUT2D eigenvalue weighted by atomic mass is 16.2. The lowest BCUT2D eigenvalue weighted by molar-refractivity contribution is 0.295. The van der Waals surface area contributed by atoms with Gasteiger partial charge in [0.05, 0.1) is 11.4 Å². The Morgan fingerprint density at radius 1 is 1.17 bits per heavy atom. The maximum atomic E-state index is 7.88. The Morgan fingerprint density at radius 2 is 1.50 bits per heavy atom. The molecule has 0 bridgehead atoms. The number of aliphatic hydroxyl groups is 1. The lowest BCUT2D eigenvalue weighted by Gasteiger charge is -1.94. The quantitative estimate of drug-likeness (QED) is 0.552. The molecule has 0 aliphatic rings. The van der Waals surface area contributed by atoms with E-state index in [0.717, 1.165) is 6.42 Å². The molecule has 3 heteroatoms. The van der Waals surface area contributed by atoms with Gasteiger partial charge in [-0.15, -0.1) is 0 Å². The Balaban J connectivity index is 0.000000261. The molecule has 1 aromatic carbocycles. The van der Waals surface area contributed by atoms with Crippen LogP contribution in [0.25, 0.3) is 0 Å². The van der Waals surface area contributed by atoms with Gasteiger partial charge in [-0.1, -0.05) is 19.1 Å². The second-order valence-electron chi connectivity index (χ2n) is 2.35. The molecular weight excluding hydrogens is 152 g/mol. The van der Waals surface area contributed by atoms with Crippen LogP contribution in [0.5, 0.6) is 0 Å². The Morgan fingerprint density at radius 3 is 1.67 bits per heavy atom. The first-order valence-electron chi connectivity index (χ1n) is 3.93. The average molecular weight is 168 g/mol. The highest BCUT2D eigenvalue weighted by Crippen LogP contribution is 2.10. The number of hydrogen-bond donors (Lipinski definition) is 3. The summed E-state index contributed by atoms with van der Waals surface area (Å²) in [5.74, 6) is 0. The molecule has 0 atom stereocenters. The lowest BCUT2D eigenvalue weighted by Crippen LogP contribution is -1.91. The highest BCUT2D eigenvalue weighted by molar-refractivity contribution is 5.62. The number of nitrogens with two attached hydrogens (primary N) is 2. The molecule has 0 heterocycles. The maximum absolute atomic E-state index is 7.88. The third-order valence-corrected chi connectivity index (χ3v) is 1.22. The third-order valence-electron chi connectivity index (χ3n) is 1.22. The molecule has 0 spiro atoms. The Labute approximate surface area is 73.0 Å². The van der Waals surface area contributed by atoms with E-state index in [1.165, 1.54) is 0 Å². The summed E-state index contributed by atoms with van der Waals surface area (Å²) in [5.41, 5.74) is 12.1. The molecule has 0 unspecified atom stereocenters. The van der Waals surface area contributed by atoms with Crippen molar-refractivity contribution in [3.05, 3.63) is 24.3 Å². The third kappa shape index (κ3) is 4.57. The first-order chi connectivity index (χ1) is 5.72. The van der Waals surface area contributed by atoms with Crippen molar-refractivity contribution < 1.29 is 5.11 Å². The van der Waals surface area contributed by atoms with E-state index < -0.39 is 0 Å². The van der Waals surface area contributed by atoms with Crippen molar-refractivity contribution in [2.75, 3.05) is 18.1 Å². The van der Waals surface area contributed by atoms with E-state index in [2.05, 4.69) is 0 Å². The molecule has 68 valence electrons. The predicted molar refractivity (Wildman–Crippen MR) is 52.6 cm³/mol. The number of para-hydroxylation sites is 2. The van der Waals surface area contributed by atoms with E-state index >= 15 is 0 Å². The van der Waals surface area contributed by atoms with Gasteiger partial charge in [-0.05, 0) is 18.6 Å². The summed E-state index contributed by atoms with van der Waals surface area (Å²) in [7, 11) is 0. The molecule has 0 aromatic heterocycles. The number of hydrogen-bond acceptors (Lipinski definition) is 3. The monoisotopic (exact) mass is 168 g/mol. The van der Waals surface area contributed by atoms with Crippen molar-refractivity contribution in [2.24, 2.45) is 0 Å².